The number of ether oxygens (including phenoxy) is 2. The standard InChI is InChI=1S/C30H48NO10P/c1-4-21(3)29(34)39-25-12-8-10-22(19-25)9-6-7-11-24(32)20-27(41-42(36,37)38)30(35,17-18-31)16-15-26-23(5-2)13-14-28(33)40-26/h6-7,9,11,13-16,21-27,32,35H,4-5,8,10,12,17-20,31H2,1-3H3,(H2,36,37,38)/b9-6+,11-7+,16-15+. The van der Waals surface area contributed by atoms with Gasteiger partial charge in [-0.15, -0.1) is 0 Å². The average Bonchev–Trinajstić information content (AvgIpc) is 2.93. The number of carbonyl (C=O) groups is 2. The second kappa shape index (κ2) is 17.3. The molecule has 12 heteroatoms. The molecule has 6 N–H and O–H groups in total. The highest BCUT2D eigenvalue weighted by molar-refractivity contribution is 7.46. The van der Waals surface area contributed by atoms with E-state index in [9.17, 15) is 34.2 Å². The van der Waals surface area contributed by atoms with Crippen molar-refractivity contribution in [3.05, 3.63) is 48.6 Å². The van der Waals surface area contributed by atoms with E-state index in [1.165, 1.54) is 24.3 Å². The zero-order valence-corrected chi connectivity index (χ0v) is 25.7. The number of cyclic esters (lactones) is 1. The highest BCUT2D eigenvalue weighted by Gasteiger charge is 2.40. The van der Waals surface area contributed by atoms with Crippen LogP contribution in [0.5, 0.6) is 0 Å². The first-order chi connectivity index (χ1) is 19.8. The van der Waals surface area contributed by atoms with E-state index in [1.54, 1.807) is 18.2 Å². The molecule has 0 aromatic rings. The summed E-state index contributed by atoms with van der Waals surface area (Å²) < 4.78 is 27.7. The van der Waals surface area contributed by atoms with Crippen LogP contribution < -0.4 is 5.73 Å². The van der Waals surface area contributed by atoms with Crippen LogP contribution in [-0.4, -0.2) is 68.5 Å². The summed E-state index contributed by atoms with van der Waals surface area (Å²) in [6.07, 6.45) is 13.3. The van der Waals surface area contributed by atoms with Crippen LogP contribution in [0.15, 0.2) is 48.6 Å². The fourth-order valence-electron chi connectivity index (χ4n) is 5.09. The first kappa shape index (κ1) is 36.1. The number of carbonyl (C=O) groups excluding carboxylic acids is 2. The van der Waals surface area contributed by atoms with E-state index >= 15 is 0 Å². The van der Waals surface area contributed by atoms with Gasteiger partial charge >= 0.3 is 19.8 Å². The van der Waals surface area contributed by atoms with Crippen molar-refractivity contribution < 1.29 is 48.2 Å². The number of hydrogen-bond donors (Lipinski definition) is 5. The van der Waals surface area contributed by atoms with Gasteiger partial charge in [-0.1, -0.05) is 57.2 Å². The molecule has 2 rings (SSSR count). The largest absolute Gasteiger partial charge is 0.469 e. The van der Waals surface area contributed by atoms with Crippen LogP contribution in [-0.2, 0) is 28.2 Å². The second-order valence-corrected chi connectivity index (χ2v) is 12.4. The zero-order chi connectivity index (χ0) is 31.3. The Morgan fingerprint density at radius 3 is 2.64 bits per heavy atom. The van der Waals surface area contributed by atoms with Crippen molar-refractivity contribution in [3.8, 4) is 0 Å². The maximum Gasteiger partial charge on any atom is 0.469 e. The van der Waals surface area contributed by atoms with Crippen molar-refractivity contribution in [1.29, 1.82) is 0 Å². The molecule has 0 saturated heterocycles. The predicted molar refractivity (Wildman–Crippen MR) is 158 cm³/mol. The Bertz CT molecular complexity index is 1040. The number of esters is 2. The van der Waals surface area contributed by atoms with Gasteiger partial charge in [0.1, 0.15) is 23.9 Å². The molecule has 1 fully saturated rings. The smallest absolute Gasteiger partial charge is 0.462 e. The monoisotopic (exact) mass is 613 g/mol. The minimum absolute atomic E-state index is 0.0485. The minimum atomic E-state index is -5.07. The number of allylic oxidation sites excluding steroid dienone is 3. The number of phosphoric acid groups is 1. The van der Waals surface area contributed by atoms with Gasteiger partial charge in [0, 0.05) is 18.4 Å². The molecular weight excluding hydrogens is 565 g/mol. The van der Waals surface area contributed by atoms with Gasteiger partial charge in [0.15, 0.2) is 0 Å². The van der Waals surface area contributed by atoms with E-state index in [-0.39, 0.29) is 49.2 Å². The van der Waals surface area contributed by atoms with Gasteiger partial charge in [-0.05, 0) is 63.5 Å². The summed E-state index contributed by atoms with van der Waals surface area (Å²) in [4.78, 5) is 43.0. The highest BCUT2D eigenvalue weighted by Crippen LogP contribution is 2.42. The fraction of sp³-hybridized carbons (Fsp3) is 0.667. The lowest BCUT2D eigenvalue weighted by Gasteiger charge is -2.35. The third-order valence-electron chi connectivity index (χ3n) is 7.81. The lowest BCUT2D eigenvalue weighted by atomic mass is 9.86. The highest BCUT2D eigenvalue weighted by atomic mass is 31.2. The Morgan fingerprint density at radius 1 is 1.26 bits per heavy atom. The molecule has 0 aromatic carbocycles. The maximum atomic E-state index is 12.1. The number of hydrogen-bond acceptors (Lipinski definition) is 9. The summed E-state index contributed by atoms with van der Waals surface area (Å²) >= 11 is 0. The van der Waals surface area contributed by atoms with Crippen molar-refractivity contribution in [2.75, 3.05) is 6.54 Å². The molecule has 0 radical (unpaired) electrons. The number of aliphatic hydroxyl groups is 2. The Morgan fingerprint density at radius 2 is 2.00 bits per heavy atom. The van der Waals surface area contributed by atoms with Crippen LogP contribution in [0.1, 0.15) is 72.1 Å². The SMILES string of the molecule is CCC(C)C(=O)OC1CCCC(/C=C/C=C/C(O)CC(OP(=O)(O)O)C(O)(/C=C/C2OC(=O)C=CC2CC)CCN)C1. The number of aliphatic hydroxyl groups excluding tert-OH is 1. The molecule has 11 nitrogen and oxygen atoms in total. The molecule has 2 aliphatic rings. The van der Waals surface area contributed by atoms with Crippen molar-refractivity contribution in [1.82, 2.24) is 0 Å². The van der Waals surface area contributed by atoms with Crippen molar-refractivity contribution >= 4 is 19.8 Å². The van der Waals surface area contributed by atoms with Gasteiger partial charge in [0.05, 0.1) is 12.0 Å². The topological polar surface area (TPSA) is 186 Å². The first-order valence-electron chi connectivity index (χ1n) is 14.8. The van der Waals surface area contributed by atoms with E-state index in [2.05, 4.69) is 0 Å². The summed E-state index contributed by atoms with van der Waals surface area (Å²) in [7, 11) is -5.07. The van der Waals surface area contributed by atoms with Crippen LogP contribution in [0.4, 0.5) is 0 Å². The quantitative estimate of drug-likeness (QED) is 0.0741. The van der Waals surface area contributed by atoms with E-state index in [0.29, 0.717) is 6.42 Å². The zero-order valence-electron chi connectivity index (χ0n) is 24.8. The lowest BCUT2D eigenvalue weighted by Crippen LogP contribution is -2.45. The van der Waals surface area contributed by atoms with E-state index in [0.717, 1.165) is 32.1 Å². The van der Waals surface area contributed by atoms with E-state index in [1.807, 2.05) is 26.8 Å². The van der Waals surface area contributed by atoms with Gasteiger partial charge in [0.25, 0.3) is 0 Å². The van der Waals surface area contributed by atoms with Crippen molar-refractivity contribution in [3.63, 3.8) is 0 Å². The molecule has 1 aliphatic carbocycles. The minimum Gasteiger partial charge on any atom is -0.462 e. The molecule has 0 bridgehead atoms. The molecule has 238 valence electrons. The second-order valence-electron chi connectivity index (χ2n) is 11.2. The van der Waals surface area contributed by atoms with Crippen LogP contribution in [0.3, 0.4) is 0 Å². The molecule has 1 aliphatic heterocycles. The third-order valence-corrected chi connectivity index (χ3v) is 8.34. The number of nitrogens with two attached hydrogens (primary N) is 1. The van der Waals surface area contributed by atoms with Crippen LogP contribution in [0, 0.1) is 17.8 Å². The average molecular weight is 614 g/mol. The number of rotatable bonds is 16. The third kappa shape index (κ3) is 12.2. The number of phosphoric ester groups is 1. The van der Waals surface area contributed by atoms with Crippen LogP contribution >= 0.6 is 7.82 Å². The Kier molecular flexibility index (Phi) is 14.8. The molecule has 8 unspecified atom stereocenters. The molecule has 0 spiro atoms. The molecule has 8 atom stereocenters. The Balaban J connectivity index is 2.09. The van der Waals surface area contributed by atoms with E-state index in [4.69, 9.17) is 19.7 Å². The predicted octanol–water partition coefficient (Wildman–Crippen LogP) is 3.62. The normalized spacial score (nSPS) is 27.2. The molecular formula is C30H48NO10P. The van der Waals surface area contributed by atoms with Crippen LogP contribution in [0.25, 0.3) is 0 Å². The molecule has 42 heavy (non-hydrogen) atoms. The van der Waals surface area contributed by atoms with Gasteiger partial charge < -0.3 is 35.2 Å². The molecule has 1 heterocycles. The maximum absolute atomic E-state index is 12.1. The summed E-state index contributed by atoms with van der Waals surface area (Å²) in [6.45, 7) is 5.67. The summed E-state index contributed by atoms with van der Waals surface area (Å²) in [6, 6.07) is 0. The van der Waals surface area contributed by atoms with Crippen molar-refractivity contribution in [2.45, 2.75) is 102 Å². The summed E-state index contributed by atoms with van der Waals surface area (Å²) in [5.74, 6) is -0.778. The Hall–Kier alpha value is -2.11. The molecule has 0 aromatic heterocycles. The van der Waals surface area contributed by atoms with Crippen molar-refractivity contribution in [2.24, 2.45) is 23.5 Å². The summed E-state index contributed by atoms with van der Waals surface area (Å²) in [5, 5.41) is 22.1. The summed E-state index contributed by atoms with van der Waals surface area (Å²) in [5.41, 5.74) is 3.73. The van der Waals surface area contributed by atoms with Gasteiger partial charge in [0.2, 0.25) is 0 Å². The van der Waals surface area contributed by atoms with Gasteiger partial charge in [-0.2, -0.15) is 0 Å². The molecule has 0 amide bonds. The first-order valence-corrected chi connectivity index (χ1v) is 16.3. The van der Waals surface area contributed by atoms with Gasteiger partial charge in [-0.3, -0.25) is 9.32 Å². The fourth-order valence-corrected chi connectivity index (χ4v) is 5.69. The van der Waals surface area contributed by atoms with E-state index < -0.39 is 37.7 Å². The van der Waals surface area contributed by atoms with Crippen LogP contribution in [0.2, 0.25) is 0 Å². The van der Waals surface area contributed by atoms with Gasteiger partial charge in [-0.25, -0.2) is 9.36 Å². The molecule has 1 saturated carbocycles. The lowest BCUT2D eigenvalue weighted by molar-refractivity contribution is -0.155. The Labute approximate surface area is 248 Å².